The Morgan fingerprint density at radius 3 is 2.17 bits per heavy atom. The minimum atomic E-state index is 1.01. The van der Waals surface area contributed by atoms with E-state index in [9.17, 15) is 0 Å². The van der Waals surface area contributed by atoms with Crippen molar-refractivity contribution in [1.82, 2.24) is 5.32 Å². The molecule has 5 fully saturated rings. The average molecular weight is 247 g/mol. The molecule has 1 N–H and O–H groups in total. The highest BCUT2D eigenvalue weighted by Crippen LogP contribution is 2.57. The third-order valence-corrected chi connectivity index (χ3v) is 6.73. The second-order valence-corrected chi connectivity index (χ2v) is 7.88. The van der Waals surface area contributed by atoms with Crippen LogP contribution in [-0.4, -0.2) is 13.1 Å². The van der Waals surface area contributed by atoms with E-state index < -0.39 is 0 Å². The van der Waals surface area contributed by atoms with Crippen LogP contribution in [0.1, 0.15) is 57.8 Å². The molecule has 5 aliphatic rings. The first-order chi connectivity index (χ1) is 8.88. The summed E-state index contributed by atoms with van der Waals surface area (Å²) < 4.78 is 0. The second-order valence-electron chi connectivity index (χ2n) is 7.88. The van der Waals surface area contributed by atoms with E-state index >= 15 is 0 Å². The Hall–Kier alpha value is -0.0400. The maximum atomic E-state index is 3.59. The van der Waals surface area contributed by atoms with Crippen LogP contribution in [0.4, 0.5) is 0 Å². The van der Waals surface area contributed by atoms with Crippen molar-refractivity contribution < 1.29 is 0 Å². The molecule has 5 rings (SSSR count). The lowest BCUT2D eigenvalue weighted by Gasteiger charge is -2.55. The van der Waals surface area contributed by atoms with Gasteiger partial charge in [-0.25, -0.2) is 0 Å². The smallest absolute Gasteiger partial charge is 0.00205 e. The van der Waals surface area contributed by atoms with Crippen LogP contribution in [0.25, 0.3) is 0 Å². The zero-order valence-electron chi connectivity index (χ0n) is 11.7. The van der Waals surface area contributed by atoms with Gasteiger partial charge in [-0.3, -0.25) is 0 Å². The minimum Gasteiger partial charge on any atom is -0.316 e. The topological polar surface area (TPSA) is 12.0 Å². The maximum Gasteiger partial charge on any atom is -0.00205 e. The molecular formula is C17H29N. The molecule has 1 heteroatoms. The lowest BCUT2D eigenvalue weighted by molar-refractivity contribution is -0.0419. The van der Waals surface area contributed by atoms with Crippen molar-refractivity contribution in [2.45, 2.75) is 57.8 Å². The van der Waals surface area contributed by atoms with Gasteiger partial charge in [-0.2, -0.15) is 0 Å². The van der Waals surface area contributed by atoms with Crippen molar-refractivity contribution in [2.24, 2.45) is 35.5 Å². The molecule has 1 aliphatic heterocycles. The largest absolute Gasteiger partial charge is 0.316 e. The van der Waals surface area contributed by atoms with Gasteiger partial charge in [0.05, 0.1) is 0 Å². The van der Waals surface area contributed by atoms with Gasteiger partial charge in [-0.15, -0.1) is 0 Å². The molecule has 0 radical (unpaired) electrons. The highest BCUT2D eigenvalue weighted by molar-refractivity contribution is 4.98. The van der Waals surface area contributed by atoms with Crippen molar-refractivity contribution in [3.63, 3.8) is 0 Å². The van der Waals surface area contributed by atoms with Gasteiger partial charge in [0.1, 0.15) is 0 Å². The number of nitrogens with one attached hydrogen (secondary N) is 1. The normalized spacial score (nSPS) is 50.7. The van der Waals surface area contributed by atoms with E-state index in [2.05, 4.69) is 5.32 Å². The van der Waals surface area contributed by atoms with Crippen LogP contribution in [0.2, 0.25) is 0 Å². The first kappa shape index (κ1) is 11.8. The van der Waals surface area contributed by atoms with E-state index in [1.165, 1.54) is 32.4 Å². The Labute approximate surface area is 112 Å². The molecule has 1 nitrogen and oxygen atoms in total. The van der Waals surface area contributed by atoms with E-state index in [0.717, 1.165) is 35.5 Å². The Morgan fingerprint density at radius 2 is 1.56 bits per heavy atom. The summed E-state index contributed by atoms with van der Waals surface area (Å²) in [5, 5.41) is 3.59. The van der Waals surface area contributed by atoms with Crippen molar-refractivity contribution in [3.05, 3.63) is 0 Å². The molecule has 1 atom stereocenters. The third kappa shape index (κ3) is 2.13. The molecule has 0 aromatic carbocycles. The van der Waals surface area contributed by atoms with Crippen molar-refractivity contribution >= 4 is 0 Å². The molecule has 0 aromatic rings. The van der Waals surface area contributed by atoms with Gasteiger partial charge in [0, 0.05) is 0 Å². The number of hydrogen-bond acceptors (Lipinski definition) is 1. The van der Waals surface area contributed by atoms with Gasteiger partial charge in [-0.1, -0.05) is 0 Å². The number of hydrogen-bond donors (Lipinski definition) is 1. The summed E-state index contributed by atoms with van der Waals surface area (Å²) in [6.07, 6.45) is 14.1. The number of piperidine rings is 1. The Bertz CT molecular complexity index is 264. The molecule has 1 heterocycles. The Kier molecular flexibility index (Phi) is 3.14. The van der Waals surface area contributed by atoms with Crippen molar-refractivity contribution in [1.29, 1.82) is 0 Å². The molecule has 0 amide bonds. The number of rotatable bonds is 3. The van der Waals surface area contributed by atoms with Gasteiger partial charge in [0.25, 0.3) is 0 Å². The van der Waals surface area contributed by atoms with Gasteiger partial charge in [-0.05, 0) is 106 Å². The van der Waals surface area contributed by atoms with E-state index in [0.29, 0.717) is 0 Å². The zero-order valence-corrected chi connectivity index (χ0v) is 11.7. The monoisotopic (exact) mass is 247 g/mol. The van der Waals surface area contributed by atoms with Crippen LogP contribution in [-0.2, 0) is 0 Å². The summed E-state index contributed by atoms with van der Waals surface area (Å²) >= 11 is 0. The van der Waals surface area contributed by atoms with Crippen LogP contribution in [0.5, 0.6) is 0 Å². The Balaban J connectivity index is 1.34. The van der Waals surface area contributed by atoms with E-state index in [-0.39, 0.29) is 0 Å². The summed E-state index contributed by atoms with van der Waals surface area (Å²) in [5.74, 6) is 6.76. The molecule has 18 heavy (non-hydrogen) atoms. The standard InChI is InChI=1S/C17H29N/c1-2-12(11-18-5-1)3-4-17-15-7-13-6-14(9-15)10-16(17)8-13/h12-18H,1-11H2. The summed E-state index contributed by atoms with van der Waals surface area (Å²) in [5.41, 5.74) is 0. The Morgan fingerprint density at radius 1 is 0.833 bits per heavy atom. The van der Waals surface area contributed by atoms with E-state index in [1.54, 1.807) is 38.5 Å². The first-order valence-corrected chi connectivity index (χ1v) is 8.59. The minimum absolute atomic E-state index is 1.01. The van der Waals surface area contributed by atoms with Crippen LogP contribution < -0.4 is 5.32 Å². The fourth-order valence-electron chi connectivity index (χ4n) is 6.11. The predicted octanol–water partition coefficient (Wildman–Crippen LogP) is 3.84. The van der Waals surface area contributed by atoms with E-state index in [1.807, 2.05) is 0 Å². The molecule has 4 saturated carbocycles. The summed E-state index contributed by atoms with van der Waals surface area (Å²) in [6.45, 7) is 2.59. The lowest BCUT2D eigenvalue weighted by Crippen LogP contribution is -2.45. The molecular weight excluding hydrogens is 218 g/mol. The highest BCUT2D eigenvalue weighted by Gasteiger charge is 2.47. The van der Waals surface area contributed by atoms with Crippen molar-refractivity contribution in [2.75, 3.05) is 13.1 Å². The summed E-state index contributed by atoms with van der Waals surface area (Å²) in [6, 6.07) is 0. The molecule has 4 bridgehead atoms. The molecule has 102 valence electrons. The lowest BCUT2D eigenvalue weighted by atomic mass is 9.51. The third-order valence-electron chi connectivity index (χ3n) is 6.73. The summed E-state index contributed by atoms with van der Waals surface area (Å²) in [4.78, 5) is 0. The predicted molar refractivity (Wildman–Crippen MR) is 75.4 cm³/mol. The summed E-state index contributed by atoms with van der Waals surface area (Å²) in [7, 11) is 0. The quantitative estimate of drug-likeness (QED) is 0.799. The van der Waals surface area contributed by atoms with Gasteiger partial charge in [0.15, 0.2) is 0 Å². The molecule has 0 spiro atoms. The van der Waals surface area contributed by atoms with Gasteiger partial charge >= 0.3 is 0 Å². The zero-order chi connectivity index (χ0) is 11.9. The molecule has 0 aromatic heterocycles. The SMILES string of the molecule is C1CNCC(CCC2C3CC4CC(C3)CC2C4)C1. The van der Waals surface area contributed by atoms with Gasteiger partial charge in [0.2, 0.25) is 0 Å². The maximum absolute atomic E-state index is 3.59. The van der Waals surface area contributed by atoms with Crippen LogP contribution in [0, 0.1) is 35.5 Å². The van der Waals surface area contributed by atoms with Crippen molar-refractivity contribution in [3.8, 4) is 0 Å². The first-order valence-electron chi connectivity index (χ1n) is 8.59. The molecule has 1 saturated heterocycles. The van der Waals surface area contributed by atoms with Crippen LogP contribution >= 0.6 is 0 Å². The second kappa shape index (κ2) is 4.81. The van der Waals surface area contributed by atoms with Crippen LogP contribution in [0.15, 0.2) is 0 Å². The van der Waals surface area contributed by atoms with Gasteiger partial charge < -0.3 is 5.32 Å². The highest BCUT2D eigenvalue weighted by atomic mass is 14.9. The fraction of sp³-hybridized carbons (Fsp3) is 1.00. The average Bonchev–Trinajstić information content (AvgIpc) is 2.38. The fourth-order valence-corrected chi connectivity index (χ4v) is 6.11. The molecule has 4 aliphatic carbocycles. The molecule has 1 unspecified atom stereocenters. The van der Waals surface area contributed by atoms with Crippen LogP contribution in [0.3, 0.4) is 0 Å². The van der Waals surface area contributed by atoms with E-state index in [4.69, 9.17) is 0 Å².